The Kier molecular flexibility index (Phi) is 9.79. The van der Waals surface area contributed by atoms with Crippen molar-refractivity contribution >= 4 is 23.6 Å². The standard InChI is InChI=1S/C38H49ClN6O3/c1-25-26(2)45(27(3)41-25)23-28-9-8-18-43(22-28)37(46)34-24-42(19-20-44(34)38(47)48-32-11-5-4-6-12-32)36-33-16-15-31(39)21-30(33)14-13-29-10-7-17-40-35(29)36/h7,10,15-17,21,28,32,34,36H,4-6,8-9,11-14,18-20,22-24H2,1-3H3/t28-,34-,36?/m1/s1. The van der Waals surface area contributed by atoms with E-state index in [1.54, 1.807) is 4.90 Å². The summed E-state index contributed by atoms with van der Waals surface area (Å²) in [6, 6.07) is 9.57. The number of aryl methyl sites for hydroxylation is 4. The molecule has 2 aromatic heterocycles. The summed E-state index contributed by atoms with van der Waals surface area (Å²) in [6.45, 7) is 9.92. The van der Waals surface area contributed by atoms with Gasteiger partial charge in [0, 0.05) is 56.2 Å². The summed E-state index contributed by atoms with van der Waals surface area (Å²) >= 11 is 6.50. The summed E-state index contributed by atoms with van der Waals surface area (Å²) < 4.78 is 8.41. The van der Waals surface area contributed by atoms with Crippen molar-refractivity contribution in [3.8, 4) is 0 Å². The van der Waals surface area contributed by atoms with Crippen molar-refractivity contribution in [2.75, 3.05) is 32.7 Å². The highest BCUT2D eigenvalue weighted by atomic mass is 35.5. The van der Waals surface area contributed by atoms with Crippen molar-refractivity contribution in [1.29, 1.82) is 0 Å². The molecule has 0 radical (unpaired) electrons. The molecule has 1 saturated carbocycles. The molecule has 256 valence electrons. The van der Waals surface area contributed by atoms with Crippen molar-refractivity contribution in [2.24, 2.45) is 5.92 Å². The van der Waals surface area contributed by atoms with Gasteiger partial charge >= 0.3 is 6.09 Å². The lowest BCUT2D eigenvalue weighted by molar-refractivity contribution is -0.141. The molecule has 3 atom stereocenters. The number of halogens is 1. The Hall–Kier alpha value is -3.43. The van der Waals surface area contributed by atoms with Crippen LogP contribution in [0.4, 0.5) is 4.79 Å². The largest absolute Gasteiger partial charge is 0.446 e. The minimum Gasteiger partial charge on any atom is -0.446 e. The van der Waals surface area contributed by atoms with E-state index < -0.39 is 6.04 Å². The van der Waals surface area contributed by atoms with Crippen molar-refractivity contribution in [2.45, 2.75) is 103 Å². The second-order valence-corrected chi connectivity index (χ2v) is 14.8. The molecule has 3 aromatic rings. The number of hydrogen-bond acceptors (Lipinski definition) is 6. The Labute approximate surface area is 289 Å². The molecule has 2 amide bonds. The van der Waals surface area contributed by atoms with Crippen molar-refractivity contribution in [1.82, 2.24) is 29.2 Å². The van der Waals surface area contributed by atoms with Gasteiger partial charge in [0.15, 0.2) is 0 Å². The molecular formula is C38H49ClN6O3. The zero-order valence-electron chi connectivity index (χ0n) is 28.7. The molecule has 0 spiro atoms. The SMILES string of the molecule is Cc1nc(C)n(C[C@@H]2CCCN(C(=O)[C@H]3CN(C4c5ccc(Cl)cc5CCc5cccnc54)CCN3C(=O)OC3CCCCC3)C2)c1C. The van der Waals surface area contributed by atoms with Gasteiger partial charge < -0.3 is 14.2 Å². The van der Waals surface area contributed by atoms with E-state index in [4.69, 9.17) is 21.3 Å². The molecule has 1 aromatic carbocycles. The van der Waals surface area contributed by atoms with E-state index in [9.17, 15) is 9.59 Å². The average Bonchev–Trinajstić information content (AvgIpc) is 3.24. The predicted molar refractivity (Wildman–Crippen MR) is 186 cm³/mol. The number of hydrogen-bond donors (Lipinski definition) is 0. The number of likely N-dealkylation sites (tertiary alicyclic amines) is 1. The van der Waals surface area contributed by atoms with Crippen molar-refractivity contribution in [3.05, 3.63) is 81.1 Å². The van der Waals surface area contributed by atoms with Crippen molar-refractivity contribution in [3.63, 3.8) is 0 Å². The maximum atomic E-state index is 14.7. The Morgan fingerprint density at radius 1 is 0.938 bits per heavy atom. The van der Waals surface area contributed by atoms with Crippen molar-refractivity contribution < 1.29 is 14.3 Å². The molecular weight excluding hydrogens is 624 g/mol. The fraction of sp³-hybridized carbons (Fsp3) is 0.579. The molecule has 3 fully saturated rings. The van der Waals surface area contributed by atoms with Gasteiger partial charge in [-0.2, -0.15) is 0 Å². The molecule has 0 N–H and O–H groups in total. The molecule has 0 bridgehead atoms. The van der Waals surface area contributed by atoms with E-state index >= 15 is 0 Å². The van der Waals surface area contributed by atoms with E-state index in [1.807, 2.05) is 23.2 Å². The highest BCUT2D eigenvalue weighted by molar-refractivity contribution is 6.30. The van der Waals surface area contributed by atoms with Gasteiger partial charge in [-0.15, -0.1) is 0 Å². The molecule has 7 rings (SSSR count). The fourth-order valence-electron chi connectivity index (χ4n) is 8.59. The second-order valence-electron chi connectivity index (χ2n) is 14.4. The number of amides is 2. The zero-order chi connectivity index (χ0) is 33.4. The summed E-state index contributed by atoms with van der Waals surface area (Å²) in [5, 5.41) is 0.727. The minimum atomic E-state index is -0.640. The van der Waals surface area contributed by atoms with Crippen LogP contribution in [0.2, 0.25) is 5.02 Å². The number of benzene rings is 1. The molecule has 48 heavy (non-hydrogen) atoms. The Bertz CT molecular complexity index is 1650. The van der Waals surface area contributed by atoms with E-state index in [0.29, 0.717) is 38.6 Å². The molecule has 4 aliphatic rings. The monoisotopic (exact) mass is 672 g/mol. The number of pyridine rings is 1. The molecule has 1 unspecified atom stereocenters. The summed E-state index contributed by atoms with van der Waals surface area (Å²) in [7, 11) is 0. The van der Waals surface area contributed by atoms with Crippen LogP contribution >= 0.6 is 11.6 Å². The highest BCUT2D eigenvalue weighted by Crippen LogP contribution is 2.38. The lowest BCUT2D eigenvalue weighted by Crippen LogP contribution is -2.62. The number of imidazole rings is 1. The van der Waals surface area contributed by atoms with Gasteiger partial charge in [0.2, 0.25) is 5.91 Å². The van der Waals surface area contributed by atoms with Crippen LogP contribution in [0.25, 0.3) is 0 Å². The van der Waals surface area contributed by atoms with Crippen LogP contribution in [0.1, 0.15) is 90.6 Å². The first kappa shape index (κ1) is 33.1. The maximum Gasteiger partial charge on any atom is 0.410 e. The smallest absolute Gasteiger partial charge is 0.410 e. The lowest BCUT2D eigenvalue weighted by Gasteiger charge is -2.46. The summed E-state index contributed by atoms with van der Waals surface area (Å²) in [4.78, 5) is 44.4. The molecule has 4 heterocycles. The molecule has 9 nitrogen and oxygen atoms in total. The number of carbonyl (C=O) groups excluding carboxylic acids is 2. The molecule has 2 aliphatic carbocycles. The highest BCUT2D eigenvalue weighted by Gasteiger charge is 2.43. The predicted octanol–water partition coefficient (Wildman–Crippen LogP) is 6.44. The third kappa shape index (κ3) is 6.73. The quantitative estimate of drug-likeness (QED) is 0.310. The summed E-state index contributed by atoms with van der Waals surface area (Å²) in [5.41, 5.74) is 6.89. The van der Waals surface area contributed by atoms with E-state index in [-0.39, 0.29) is 24.1 Å². The number of piperazine rings is 1. The first-order valence-corrected chi connectivity index (χ1v) is 18.4. The van der Waals surface area contributed by atoms with Crippen LogP contribution in [0.15, 0.2) is 36.5 Å². The van der Waals surface area contributed by atoms with E-state index in [0.717, 1.165) is 80.1 Å². The Morgan fingerprint density at radius 3 is 2.54 bits per heavy atom. The Morgan fingerprint density at radius 2 is 1.75 bits per heavy atom. The van der Waals surface area contributed by atoms with Crippen LogP contribution in [-0.4, -0.2) is 86.1 Å². The number of rotatable bonds is 5. The van der Waals surface area contributed by atoms with Crippen LogP contribution in [-0.2, 0) is 28.9 Å². The number of ether oxygens (including phenoxy) is 1. The van der Waals surface area contributed by atoms with Gasteiger partial charge in [-0.25, -0.2) is 9.78 Å². The van der Waals surface area contributed by atoms with Gasteiger partial charge in [-0.3, -0.25) is 19.6 Å². The van der Waals surface area contributed by atoms with Crippen LogP contribution in [0.5, 0.6) is 0 Å². The van der Waals surface area contributed by atoms with Crippen LogP contribution in [0.3, 0.4) is 0 Å². The number of aromatic nitrogens is 3. The van der Waals surface area contributed by atoms with E-state index in [1.165, 1.54) is 28.8 Å². The van der Waals surface area contributed by atoms with Gasteiger partial charge in [0.05, 0.1) is 17.4 Å². The number of fused-ring (bicyclic) bond motifs is 2. The molecule has 2 saturated heterocycles. The number of nitrogens with zero attached hydrogens (tertiary/aromatic N) is 6. The minimum absolute atomic E-state index is 0.0199. The van der Waals surface area contributed by atoms with Gasteiger partial charge in [-0.05, 0) is 113 Å². The first-order valence-electron chi connectivity index (χ1n) is 18.0. The van der Waals surface area contributed by atoms with Gasteiger partial charge in [0.25, 0.3) is 0 Å². The second kappa shape index (κ2) is 14.2. The topological polar surface area (TPSA) is 83.8 Å². The van der Waals surface area contributed by atoms with Crippen LogP contribution < -0.4 is 0 Å². The molecule has 2 aliphatic heterocycles. The normalized spacial score (nSPS) is 23.7. The van der Waals surface area contributed by atoms with Crippen LogP contribution in [0, 0.1) is 26.7 Å². The summed E-state index contributed by atoms with van der Waals surface area (Å²) in [6.07, 6.45) is 10.4. The van der Waals surface area contributed by atoms with Gasteiger partial charge in [0.1, 0.15) is 18.0 Å². The number of carbonyl (C=O) groups is 2. The zero-order valence-corrected chi connectivity index (χ0v) is 29.4. The summed E-state index contributed by atoms with van der Waals surface area (Å²) in [5.74, 6) is 1.36. The molecule has 10 heteroatoms. The Balaban J connectivity index is 1.18. The van der Waals surface area contributed by atoms with E-state index in [2.05, 4.69) is 53.4 Å². The third-order valence-corrected chi connectivity index (χ3v) is 11.5. The lowest BCUT2D eigenvalue weighted by atomic mass is 9.94. The van der Waals surface area contributed by atoms with Gasteiger partial charge in [-0.1, -0.05) is 30.2 Å². The average molecular weight is 673 g/mol. The number of piperidine rings is 1. The fourth-order valence-corrected chi connectivity index (χ4v) is 8.78. The maximum absolute atomic E-state index is 14.7. The first-order chi connectivity index (χ1) is 23.3. The third-order valence-electron chi connectivity index (χ3n) is 11.3.